The fourth-order valence-corrected chi connectivity index (χ4v) is 2.81. The van der Waals surface area contributed by atoms with E-state index in [0.29, 0.717) is 18.2 Å². The predicted octanol–water partition coefficient (Wildman–Crippen LogP) is 3.66. The summed E-state index contributed by atoms with van der Waals surface area (Å²) in [4.78, 5) is 14.9. The normalized spacial score (nSPS) is 13.8. The number of hydrogen-bond acceptors (Lipinski definition) is 3. The largest absolute Gasteiger partial charge is 0.393 e. The summed E-state index contributed by atoms with van der Waals surface area (Å²) in [5, 5.41) is 12.8. The highest BCUT2D eigenvalue weighted by atomic mass is 32.2. The third kappa shape index (κ3) is 6.71. The molecule has 0 bridgehead atoms. The smallest absolute Gasteiger partial charge is 0.317 e. The van der Waals surface area contributed by atoms with Gasteiger partial charge in [0.2, 0.25) is 0 Å². The molecule has 0 fully saturated rings. The van der Waals surface area contributed by atoms with Crippen molar-refractivity contribution >= 4 is 17.8 Å². The van der Waals surface area contributed by atoms with Crippen LogP contribution in [0.25, 0.3) is 0 Å². The third-order valence-corrected chi connectivity index (χ3v) is 4.34. The average molecular weight is 324 g/mol. The fraction of sp³-hybridized carbons (Fsp3) is 0.588. The van der Waals surface area contributed by atoms with Crippen molar-refractivity contribution in [2.24, 2.45) is 0 Å². The first-order valence-corrected chi connectivity index (χ1v) is 8.64. The summed E-state index contributed by atoms with van der Waals surface area (Å²) in [6.07, 6.45) is 0.193. The van der Waals surface area contributed by atoms with Crippen LogP contribution in [0.3, 0.4) is 0 Å². The van der Waals surface area contributed by atoms with Crippen molar-refractivity contribution in [3.8, 4) is 0 Å². The molecule has 1 aromatic rings. The van der Waals surface area contributed by atoms with Crippen molar-refractivity contribution in [3.63, 3.8) is 0 Å². The molecule has 0 aliphatic heterocycles. The van der Waals surface area contributed by atoms with Crippen molar-refractivity contribution in [2.75, 3.05) is 13.6 Å². The molecule has 0 radical (unpaired) electrons. The molecule has 22 heavy (non-hydrogen) atoms. The highest BCUT2D eigenvalue weighted by Gasteiger charge is 2.13. The number of amides is 2. The zero-order valence-electron chi connectivity index (χ0n) is 14.2. The third-order valence-electron chi connectivity index (χ3n) is 3.32. The summed E-state index contributed by atoms with van der Waals surface area (Å²) in [5.74, 6) is 0. The van der Waals surface area contributed by atoms with E-state index in [1.165, 1.54) is 4.90 Å². The molecule has 4 nitrogen and oxygen atoms in total. The molecule has 0 spiro atoms. The Morgan fingerprint density at radius 2 is 1.82 bits per heavy atom. The van der Waals surface area contributed by atoms with E-state index < -0.39 is 6.10 Å². The van der Waals surface area contributed by atoms with Crippen molar-refractivity contribution in [3.05, 3.63) is 29.8 Å². The molecular formula is C17H28N2O2S. The van der Waals surface area contributed by atoms with Gasteiger partial charge in [-0.15, -0.1) is 11.8 Å². The topological polar surface area (TPSA) is 52.6 Å². The van der Waals surface area contributed by atoms with Crippen molar-refractivity contribution in [1.29, 1.82) is 0 Å². The van der Waals surface area contributed by atoms with E-state index in [-0.39, 0.29) is 12.1 Å². The molecule has 0 saturated carbocycles. The van der Waals surface area contributed by atoms with Crippen molar-refractivity contribution < 1.29 is 9.90 Å². The lowest BCUT2D eigenvalue weighted by molar-refractivity contribution is 0.162. The number of rotatable bonds is 7. The molecular weight excluding hydrogens is 296 g/mol. The van der Waals surface area contributed by atoms with Crippen LogP contribution < -0.4 is 5.32 Å². The maximum absolute atomic E-state index is 12.1. The van der Waals surface area contributed by atoms with E-state index >= 15 is 0 Å². The SMILES string of the molecule is CC(O)CCN(C)C(=O)NC(C)c1ccc(SC(C)C)cc1. The van der Waals surface area contributed by atoms with Gasteiger partial charge in [0.05, 0.1) is 12.1 Å². The highest BCUT2D eigenvalue weighted by Crippen LogP contribution is 2.24. The minimum Gasteiger partial charge on any atom is -0.393 e. The van der Waals surface area contributed by atoms with Gasteiger partial charge in [0.25, 0.3) is 0 Å². The quantitative estimate of drug-likeness (QED) is 0.753. The summed E-state index contributed by atoms with van der Waals surface area (Å²) < 4.78 is 0. The van der Waals surface area contributed by atoms with Crippen LogP contribution in [-0.2, 0) is 0 Å². The Labute approximate surface area is 138 Å². The van der Waals surface area contributed by atoms with Crippen LogP contribution in [0.2, 0.25) is 0 Å². The second-order valence-electron chi connectivity index (χ2n) is 5.97. The Hall–Kier alpha value is -1.20. The van der Waals surface area contributed by atoms with E-state index in [2.05, 4.69) is 43.4 Å². The molecule has 1 aromatic carbocycles. The van der Waals surface area contributed by atoms with Crippen molar-refractivity contribution in [1.82, 2.24) is 10.2 Å². The van der Waals surface area contributed by atoms with Crippen LogP contribution in [0.4, 0.5) is 4.79 Å². The number of benzene rings is 1. The second-order valence-corrected chi connectivity index (χ2v) is 7.62. The number of thioether (sulfide) groups is 1. The zero-order valence-corrected chi connectivity index (χ0v) is 15.0. The number of carbonyl (C=O) groups is 1. The Balaban J connectivity index is 2.53. The predicted molar refractivity (Wildman–Crippen MR) is 93.3 cm³/mol. The summed E-state index contributed by atoms with van der Waals surface area (Å²) in [7, 11) is 1.74. The van der Waals surface area contributed by atoms with E-state index in [0.717, 1.165) is 5.56 Å². The Morgan fingerprint density at radius 3 is 2.32 bits per heavy atom. The number of hydrogen-bond donors (Lipinski definition) is 2. The first kappa shape index (κ1) is 18.8. The van der Waals surface area contributed by atoms with Crippen LogP contribution in [0.5, 0.6) is 0 Å². The van der Waals surface area contributed by atoms with Gasteiger partial charge in [-0.2, -0.15) is 0 Å². The first-order chi connectivity index (χ1) is 10.3. The van der Waals surface area contributed by atoms with Crippen LogP contribution in [0.15, 0.2) is 29.2 Å². The van der Waals surface area contributed by atoms with Crippen LogP contribution >= 0.6 is 11.8 Å². The standard InChI is InChI=1S/C17H28N2O2S/c1-12(2)22-16-8-6-15(7-9-16)14(4)18-17(21)19(5)11-10-13(3)20/h6-9,12-14,20H,10-11H2,1-5H3,(H,18,21). The van der Waals surface area contributed by atoms with Gasteiger partial charge in [-0.3, -0.25) is 0 Å². The lowest BCUT2D eigenvalue weighted by Gasteiger charge is -2.22. The molecule has 0 aliphatic carbocycles. The van der Waals surface area contributed by atoms with Crippen LogP contribution in [0, 0.1) is 0 Å². The summed E-state index contributed by atoms with van der Waals surface area (Å²) in [6, 6.07) is 8.16. The van der Waals surface area contributed by atoms with Gasteiger partial charge in [-0.1, -0.05) is 26.0 Å². The summed E-state index contributed by atoms with van der Waals surface area (Å²) >= 11 is 1.83. The average Bonchev–Trinajstić information content (AvgIpc) is 2.44. The van der Waals surface area contributed by atoms with E-state index in [1.807, 2.05) is 18.7 Å². The number of nitrogens with one attached hydrogen (secondary N) is 1. The van der Waals surface area contributed by atoms with Crippen LogP contribution in [0.1, 0.15) is 45.7 Å². The van der Waals surface area contributed by atoms with Crippen molar-refractivity contribution in [2.45, 2.75) is 56.4 Å². The van der Waals surface area contributed by atoms with Gasteiger partial charge in [0.1, 0.15) is 0 Å². The van der Waals surface area contributed by atoms with Gasteiger partial charge in [-0.05, 0) is 38.0 Å². The molecule has 0 aliphatic rings. The monoisotopic (exact) mass is 324 g/mol. The van der Waals surface area contributed by atoms with E-state index in [1.54, 1.807) is 18.9 Å². The fourth-order valence-electron chi connectivity index (χ4n) is 1.97. The van der Waals surface area contributed by atoms with Gasteiger partial charge < -0.3 is 15.3 Å². The number of aliphatic hydroxyl groups excluding tert-OH is 1. The minimum atomic E-state index is -0.390. The molecule has 0 saturated heterocycles. The number of urea groups is 1. The molecule has 0 heterocycles. The van der Waals surface area contributed by atoms with Gasteiger partial charge in [0.15, 0.2) is 0 Å². The van der Waals surface area contributed by atoms with Gasteiger partial charge >= 0.3 is 6.03 Å². The number of nitrogens with zero attached hydrogens (tertiary/aromatic N) is 1. The summed E-state index contributed by atoms with van der Waals surface area (Å²) in [6.45, 7) is 8.59. The lowest BCUT2D eigenvalue weighted by atomic mass is 10.1. The Kier molecular flexibility index (Phi) is 7.76. The summed E-state index contributed by atoms with van der Waals surface area (Å²) in [5.41, 5.74) is 1.09. The maximum Gasteiger partial charge on any atom is 0.317 e. The van der Waals surface area contributed by atoms with Gasteiger partial charge in [0, 0.05) is 23.7 Å². The molecule has 2 unspecified atom stereocenters. The van der Waals surface area contributed by atoms with Gasteiger partial charge in [-0.25, -0.2) is 4.79 Å². The molecule has 0 aromatic heterocycles. The zero-order chi connectivity index (χ0) is 16.7. The minimum absolute atomic E-state index is 0.0420. The molecule has 2 N–H and O–H groups in total. The van der Waals surface area contributed by atoms with Crippen LogP contribution in [-0.4, -0.2) is 41.0 Å². The Bertz CT molecular complexity index is 460. The molecule has 2 amide bonds. The van der Waals surface area contributed by atoms with E-state index in [4.69, 9.17) is 0 Å². The number of aliphatic hydroxyl groups is 1. The second kappa shape index (κ2) is 9.06. The number of carbonyl (C=O) groups excluding carboxylic acids is 1. The Morgan fingerprint density at radius 1 is 1.23 bits per heavy atom. The molecule has 1 rings (SSSR count). The molecule has 124 valence electrons. The molecule has 2 atom stereocenters. The van der Waals surface area contributed by atoms with E-state index in [9.17, 15) is 9.90 Å². The first-order valence-electron chi connectivity index (χ1n) is 7.76. The maximum atomic E-state index is 12.1. The highest BCUT2D eigenvalue weighted by molar-refractivity contribution is 7.99. The lowest BCUT2D eigenvalue weighted by Crippen LogP contribution is -2.39. The molecule has 5 heteroatoms.